The van der Waals surface area contributed by atoms with Crippen LogP contribution in [-0.2, 0) is 12.8 Å². The van der Waals surface area contributed by atoms with E-state index in [-0.39, 0.29) is 0 Å². The molecule has 2 aromatic carbocycles. The van der Waals surface area contributed by atoms with E-state index in [1.807, 2.05) is 6.07 Å². The number of aromatic nitrogens is 1. The Bertz CT molecular complexity index is 1020. The lowest BCUT2D eigenvalue weighted by atomic mass is 9.85. The molecule has 0 saturated heterocycles. The summed E-state index contributed by atoms with van der Waals surface area (Å²) in [5, 5.41) is 1.43. The monoisotopic (exact) mass is 372 g/mol. The third kappa shape index (κ3) is 3.35. The normalized spacial score (nSPS) is 20.0. The Labute approximate surface area is 167 Å². The van der Waals surface area contributed by atoms with Gasteiger partial charge in [0.15, 0.2) is 0 Å². The van der Waals surface area contributed by atoms with Crippen molar-refractivity contribution in [1.82, 2.24) is 9.88 Å². The summed E-state index contributed by atoms with van der Waals surface area (Å²) < 4.78 is 5.38. The number of fused-ring (bicyclic) bond motifs is 3. The molecule has 3 heteroatoms. The maximum Gasteiger partial charge on any atom is 0.119 e. The highest BCUT2D eigenvalue weighted by molar-refractivity contribution is 5.84. The van der Waals surface area contributed by atoms with Crippen LogP contribution >= 0.6 is 0 Å². The molecule has 1 N–H and O–H groups in total. The molecule has 1 aromatic heterocycles. The van der Waals surface area contributed by atoms with Crippen LogP contribution in [0.2, 0.25) is 0 Å². The van der Waals surface area contributed by atoms with Gasteiger partial charge >= 0.3 is 0 Å². The molecular weight excluding hydrogens is 344 g/mol. The van der Waals surface area contributed by atoms with Gasteiger partial charge in [0.2, 0.25) is 0 Å². The Balaban J connectivity index is 1.25. The van der Waals surface area contributed by atoms with Crippen LogP contribution in [0.15, 0.2) is 54.6 Å². The van der Waals surface area contributed by atoms with Crippen molar-refractivity contribution in [3.8, 4) is 5.75 Å². The van der Waals surface area contributed by atoms with Gasteiger partial charge in [-0.15, -0.1) is 0 Å². The van der Waals surface area contributed by atoms with Crippen LogP contribution in [0.5, 0.6) is 5.75 Å². The second kappa shape index (κ2) is 7.48. The minimum absolute atomic E-state index is 0.762. The van der Waals surface area contributed by atoms with Crippen LogP contribution in [0.1, 0.15) is 29.7 Å². The quantitative estimate of drug-likeness (QED) is 0.692. The Kier molecular flexibility index (Phi) is 4.69. The molecule has 2 aliphatic rings. The van der Waals surface area contributed by atoms with Gasteiger partial charge in [-0.25, -0.2) is 0 Å². The van der Waals surface area contributed by atoms with Crippen molar-refractivity contribution in [2.45, 2.75) is 25.7 Å². The first-order valence-electron chi connectivity index (χ1n) is 10.4. The van der Waals surface area contributed by atoms with E-state index in [1.54, 1.807) is 12.7 Å². The SMILES string of the molecule is COc1cccc(C2=CCN(CC3CCc4[nH]c5ccccc5c4C3)CC2)c1. The Morgan fingerprint density at radius 2 is 2.04 bits per heavy atom. The third-order valence-corrected chi connectivity index (χ3v) is 6.45. The van der Waals surface area contributed by atoms with Crippen molar-refractivity contribution in [3.05, 3.63) is 71.4 Å². The first kappa shape index (κ1) is 17.6. The fourth-order valence-electron chi connectivity index (χ4n) is 4.92. The zero-order valence-corrected chi connectivity index (χ0v) is 16.6. The van der Waals surface area contributed by atoms with Gasteiger partial charge < -0.3 is 9.72 Å². The van der Waals surface area contributed by atoms with Crippen molar-refractivity contribution >= 4 is 16.5 Å². The molecule has 0 amide bonds. The first-order valence-corrected chi connectivity index (χ1v) is 10.4. The van der Waals surface area contributed by atoms with E-state index in [0.717, 1.165) is 31.2 Å². The molecule has 1 aliphatic heterocycles. The lowest BCUT2D eigenvalue weighted by Gasteiger charge is -2.32. The summed E-state index contributed by atoms with van der Waals surface area (Å²) in [5.41, 5.74) is 7.10. The summed E-state index contributed by atoms with van der Waals surface area (Å²) in [7, 11) is 1.74. The molecule has 1 atom stereocenters. The number of aromatic amines is 1. The lowest BCUT2D eigenvalue weighted by Crippen LogP contribution is -2.35. The molecule has 144 valence electrons. The lowest BCUT2D eigenvalue weighted by molar-refractivity contribution is 0.238. The van der Waals surface area contributed by atoms with Gasteiger partial charge in [-0.2, -0.15) is 0 Å². The summed E-state index contributed by atoms with van der Waals surface area (Å²) in [6.45, 7) is 3.42. The van der Waals surface area contributed by atoms with E-state index in [1.165, 1.54) is 53.5 Å². The highest BCUT2D eigenvalue weighted by Gasteiger charge is 2.25. The highest BCUT2D eigenvalue weighted by Crippen LogP contribution is 2.33. The number of H-pyrrole nitrogens is 1. The van der Waals surface area contributed by atoms with Crippen LogP contribution < -0.4 is 4.74 Å². The summed E-state index contributed by atoms with van der Waals surface area (Å²) in [6.07, 6.45) is 7.23. The van der Waals surface area contributed by atoms with Crippen LogP contribution in [-0.4, -0.2) is 36.6 Å². The highest BCUT2D eigenvalue weighted by atomic mass is 16.5. The van der Waals surface area contributed by atoms with Gasteiger partial charge in [0.05, 0.1) is 7.11 Å². The van der Waals surface area contributed by atoms with E-state index in [4.69, 9.17) is 4.74 Å². The molecule has 0 saturated carbocycles. The molecule has 1 unspecified atom stereocenters. The number of hydrogen-bond donors (Lipinski definition) is 1. The maximum atomic E-state index is 5.38. The standard InChI is InChI=1S/C25H28N2O/c1-28-21-6-4-5-20(16-21)19-11-13-27(14-12-19)17-18-9-10-25-23(15-18)22-7-2-3-8-24(22)26-25/h2-8,11,16,18,26H,9-10,12-15,17H2,1H3. The second-order valence-electron chi connectivity index (χ2n) is 8.21. The van der Waals surface area contributed by atoms with Crippen molar-refractivity contribution in [2.75, 3.05) is 26.7 Å². The number of aryl methyl sites for hydroxylation is 1. The van der Waals surface area contributed by atoms with Crippen molar-refractivity contribution in [2.24, 2.45) is 5.92 Å². The van der Waals surface area contributed by atoms with Gasteiger partial charge in [-0.1, -0.05) is 36.4 Å². The van der Waals surface area contributed by atoms with Gasteiger partial charge in [-0.3, -0.25) is 4.90 Å². The molecule has 5 rings (SSSR count). The fraction of sp³-hybridized carbons (Fsp3) is 0.360. The summed E-state index contributed by atoms with van der Waals surface area (Å²) >= 11 is 0. The van der Waals surface area contributed by atoms with E-state index in [9.17, 15) is 0 Å². The van der Waals surface area contributed by atoms with Gasteiger partial charge in [-0.05, 0) is 66.5 Å². The van der Waals surface area contributed by atoms with E-state index in [0.29, 0.717) is 0 Å². The minimum atomic E-state index is 0.762. The molecule has 0 fully saturated rings. The first-order chi connectivity index (χ1) is 13.8. The third-order valence-electron chi connectivity index (χ3n) is 6.45. The number of benzene rings is 2. The van der Waals surface area contributed by atoms with E-state index in [2.05, 4.69) is 58.4 Å². The molecule has 0 radical (unpaired) electrons. The largest absolute Gasteiger partial charge is 0.497 e. The predicted molar refractivity (Wildman–Crippen MR) is 116 cm³/mol. The minimum Gasteiger partial charge on any atom is -0.497 e. The molecular formula is C25H28N2O. The molecule has 1 aliphatic carbocycles. The van der Waals surface area contributed by atoms with E-state index >= 15 is 0 Å². The maximum absolute atomic E-state index is 5.38. The van der Waals surface area contributed by atoms with Crippen LogP contribution in [0.25, 0.3) is 16.5 Å². The summed E-state index contributed by atoms with van der Waals surface area (Å²) in [4.78, 5) is 6.27. The Hall–Kier alpha value is -2.52. The molecule has 2 heterocycles. The Morgan fingerprint density at radius 1 is 1.11 bits per heavy atom. The van der Waals surface area contributed by atoms with Crippen molar-refractivity contribution in [1.29, 1.82) is 0 Å². The van der Waals surface area contributed by atoms with Gasteiger partial charge in [0.25, 0.3) is 0 Å². The smallest absolute Gasteiger partial charge is 0.119 e. The topological polar surface area (TPSA) is 28.3 Å². The van der Waals surface area contributed by atoms with Crippen LogP contribution in [0.3, 0.4) is 0 Å². The van der Waals surface area contributed by atoms with Crippen LogP contribution in [0.4, 0.5) is 0 Å². The average Bonchev–Trinajstić information content (AvgIpc) is 3.12. The number of methoxy groups -OCH3 is 1. The number of nitrogens with zero attached hydrogens (tertiary/aromatic N) is 1. The molecule has 28 heavy (non-hydrogen) atoms. The van der Waals surface area contributed by atoms with E-state index < -0.39 is 0 Å². The zero-order valence-electron chi connectivity index (χ0n) is 16.6. The molecule has 0 bridgehead atoms. The van der Waals surface area contributed by atoms with Gasteiger partial charge in [0, 0.05) is 36.2 Å². The zero-order chi connectivity index (χ0) is 18.9. The summed E-state index contributed by atoms with van der Waals surface area (Å²) in [5.74, 6) is 1.70. The van der Waals surface area contributed by atoms with Crippen molar-refractivity contribution in [3.63, 3.8) is 0 Å². The number of hydrogen-bond acceptors (Lipinski definition) is 2. The average molecular weight is 373 g/mol. The number of nitrogens with one attached hydrogen (secondary N) is 1. The molecule has 0 spiro atoms. The summed E-state index contributed by atoms with van der Waals surface area (Å²) in [6, 6.07) is 17.2. The molecule has 3 nitrogen and oxygen atoms in total. The number of ether oxygens (including phenoxy) is 1. The predicted octanol–water partition coefficient (Wildman–Crippen LogP) is 5.07. The Morgan fingerprint density at radius 3 is 2.89 bits per heavy atom. The van der Waals surface area contributed by atoms with Gasteiger partial charge in [0.1, 0.15) is 5.75 Å². The second-order valence-corrected chi connectivity index (χ2v) is 8.21. The number of rotatable bonds is 4. The molecule has 3 aromatic rings. The van der Waals surface area contributed by atoms with Crippen molar-refractivity contribution < 1.29 is 4.74 Å². The van der Waals surface area contributed by atoms with Crippen LogP contribution in [0, 0.1) is 5.92 Å². The number of para-hydroxylation sites is 1. The fourth-order valence-corrected chi connectivity index (χ4v) is 4.92.